The zero-order chi connectivity index (χ0) is 24.8. The number of rotatable bonds is 10. The molecular formula is C27H34F2N4O2. The summed E-state index contributed by atoms with van der Waals surface area (Å²) in [7, 11) is 2.03. The molecule has 0 spiro atoms. The summed E-state index contributed by atoms with van der Waals surface area (Å²) in [6.07, 6.45) is 3.26. The number of nitrogens with one attached hydrogen (secondary N) is 2. The van der Waals surface area contributed by atoms with Crippen LogP contribution in [0.15, 0.2) is 48.5 Å². The molecule has 2 aromatic carbocycles. The topological polar surface area (TPSA) is 64.7 Å². The third-order valence-electron chi connectivity index (χ3n) is 6.94. The molecule has 35 heavy (non-hydrogen) atoms. The lowest BCUT2D eigenvalue weighted by atomic mass is 10.1. The van der Waals surface area contributed by atoms with Crippen LogP contribution in [0.25, 0.3) is 0 Å². The number of benzene rings is 2. The number of hydrogen-bond donors (Lipinski definition) is 2. The predicted octanol–water partition coefficient (Wildman–Crippen LogP) is 3.15. The lowest BCUT2D eigenvalue weighted by Crippen LogP contribution is -2.54. The molecule has 0 aromatic heterocycles. The largest absolute Gasteiger partial charge is 0.340 e. The van der Waals surface area contributed by atoms with E-state index < -0.39 is 11.9 Å². The molecule has 2 amide bonds. The highest BCUT2D eigenvalue weighted by atomic mass is 19.1. The average molecular weight is 485 g/mol. The summed E-state index contributed by atoms with van der Waals surface area (Å²) in [5.74, 6) is -0.615. The summed E-state index contributed by atoms with van der Waals surface area (Å²) in [6, 6.07) is 11.8. The Kier molecular flexibility index (Phi) is 8.46. The summed E-state index contributed by atoms with van der Waals surface area (Å²) in [4.78, 5) is 30.0. The molecule has 6 nitrogen and oxygen atoms in total. The molecule has 2 N–H and O–H groups in total. The van der Waals surface area contributed by atoms with E-state index in [0.717, 1.165) is 44.5 Å². The summed E-state index contributed by atoms with van der Waals surface area (Å²) in [6.45, 7) is 3.73. The Hall–Kier alpha value is -2.84. The van der Waals surface area contributed by atoms with Gasteiger partial charge in [-0.3, -0.25) is 9.59 Å². The van der Waals surface area contributed by atoms with Crippen molar-refractivity contribution in [2.45, 2.75) is 43.7 Å². The number of halogens is 2. The normalized spacial score (nSPS) is 20.9. The number of carbonyl (C=O) groups is 2. The van der Waals surface area contributed by atoms with Crippen LogP contribution >= 0.6 is 0 Å². The van der Waals surface area contributed by atoms with Crippen molar-refractivity contribution in [1.29, 1.82) is 0 Å². The van der Waals surface area contributed by atoms with E-state index in [-0.39, 0.29) is 17.6 Å². The minimum atomic E-state index is -0.608. The molecule has 0 bridgehead atoms. The molecule has 2 aliphatic rings. The highest BCUT2D eigenvalue weighted by molar-refractivity contribution is 5.97. The van der Waals surface area contributed by atoms with Crippen molar-refractivity contribution in [3.8, 4) is 0 Å². The van der Waals surface area contributed by atoms with Crippen molar-refractivity contribution in [3.63, 3.8) is 0 Å². The Morgan fingerprint density at radius 1 is 0.943 bits per heavy atom. The molecule has 0 radical (unpaired) electrons. The maximum absolute atomic E-state index is 13.2. The van der Waals surface area contributed by atoms with Crippen LogP contribution in [0.3, 0.4) is 0 Å². The first-order chi connectivity index (χ1) is 16.9. The second-order valence-corrected chi connectivity index (χ2v) is 9.61. The smallest absolute Gasteiger partial charge is 0.251 e. The van der Waals surface area contributed by atoms with E-state index >= 15 is 0 Å². The van der Waals surface area contributed by atoms with Crippen LogP contribution in [-0.4, -0.2) is 73.5 Å². The van der Waals surface area contributed by atoms with E-state index in [2.05, 4.69) is 15.5 Å². The zero-order valence-corrected chi connectivity index (χ0v) is 20.2. The molecule has 2 aromatic rings. The van der Waals surface area contributed by atoms with Crippen molar-refractivity contribution in [1.82, 2.24) is 20.4 Å². The van der Waals surface area contributed by atoms with Crippen molar-refractivity contribution in [2.24, 2.45) is 0 Å². The molecule has 1 saturated carbocycles. The lowest BCUT2D eigenvalue weighted by molar-refractivity contribution is -0.135. The SMILES string of the molecule is CN1CCN(C(=O)[C@H](CCCCN[C@@H]2C[C@H]2c2ccc(F)cc2)NC(=O)c2ccc(F)cc2)CC1. The lowest BCUT2D eigenvalue weighted by Gasteiger charge is -2.34. The van der Waals surface area contributed by atoms with E-state index in [1.807, 2.05) is 24.1 Å². The van der Waals surface area contributed by atoms with Crippen molar-refractivity contribution in [3.05, 3.63) is 71.3 Å². The van der Waals surface area contributed by atoms with Crippen LogP contribution < -0.4 is 10.6 Å². The van der Waals surface area contributed by atoms with E-state index in [1.165, 1.54) is 36.4 Å². The van der Waals surface area contributed by atoms with Gasteiger partial charge in [0, 0.05) is 43.7 Å². The van der Waals surface area contributed by atoms with Crippen molar-refractivity contribution < 1.29 is 18.4 Å². The fourth-order valence-corrected chi connectivity index (χ4v) is 4.61. The van der Waals surface area contributed by atoms with Gasteiger partial charge in [0.2, 0.25) is 5.91 Å². The maximum Gasteiger partial charge on any atom is 0.251 e. The molecule has 188 valence electrons. The zero-order valence-electron chi connectivity index (χ0n) is 20.2. The van der Waals surface area contributed by atoms with Gasteiger partial charge in [-0.05, 0) is 81.2 Å². The van der Waals surface area contributed by atoms with E-state index in [9.17, 15) is 18.4 Å². The molecule has 1 aliphatic heterocycles. The first-order valence-corrected chi connectivity index (χ1v) is 12.4. The van der Waals surface area contributed by atoms with Gasteiger partial charge in [0.15, 0.2) is 0 Å². The quantitative estimate of drug-likeness (QED) is 0.509. The highest BCUT2D eigenvalue weighted by Crippen LogP contribution is 2.40. The number of hydrogen-bond acceptors (Lipinski definition) is 4. The molecule has 1 heterocycles. The average Bonchev–Trinajstić information content (AvgIpc) is 3.63. The van der Waals surface area contributed by atoms with Gasteiger partial charge in [-0.25, -0.2) is 8.78 Å². The minimum Gasteiger partial charge on any atom is -0.340 e. The van der Waals surface area contributed by atoms with Crippen LogP contribution in [-0.2, 0) is 4.79 Å². The number of amides is 2. The fourth-order valence-electron chi connectivity index (χ4n) is 4.61. The first kappa shape index (κ1) is 25.3. The Bertz CT molecular complexity index is 991. The van der Waals surface area contributed by atoms with Gasteiger partial charge in [-0.15, -0.1) is 0 Å². The number of nitrogens with zero attached hydrogens (tertiary/aromatic N) is 2. The van der Waals surface area contributed by atoms with Gasteiger partial charge >= 0.3 is 0 Å². The highest BCUT2D eigenvalue weighted by Gasteiger charge is 2.37. The van der Waals surface area contributed by atoms with Gasteiger partial charge in [-0.1, -0.05) is 12.1 Å². The molecule has 1 aliphatic carbocycles. The van der Waals surface area contributed by atoms with E-state index in [4.69, 9.17) is 0 Å². The summed E-state index contributed by atoms with van der Waals surface area (Å²) >= 11 is 0. The van der Waals surface area contributed by atoms with Crippen LogP contribution in [0.2, 0.25) is 0 Å². The van der Waals surface area contributed by atoms with Gasteiger partial charge in [0.1, 0.15) is 17.7 Å². The number of carbonyl (C=O) groups excluding carboxylic acids is 2. The molecule has 4 rings (SSSR count). The molecular weight excluding hydrogens is 450 g/mol. The van der Waals surface area contributed by atoms with E-state index in [1.54, 1.807) is 0 Å². The third-order valence-corrected chi connectivity index (χ3v) is 6.94. The number of piperazine rings is 1. The second-order valence-electron chi connectivity index (χ2n) is 9.61. The van der Waals surface area contributed by atoms with Crippen molar-refractivity contribution >= 4 is 11.8 Å². The fraction of sp³-hybridized carbons (Fsp3) is 0.481. The van der Waals surface area contributed by atoms with Crippen molar-refractivity contribution in [2.75, 3.05) is 39.8 Å². The molecule has 0 unspecified atom stereocenters. The molecule has 8 heteroatoms. The standard InChI is InChI=1S/C27H34F2N4O2/c1-32-14-16-33(17-15-32)27(35)24(31-26(34)20-7-11-22(29)12-8-20)4-2-3-13-30-25-18-23(25)19-5-9-21(28)10-6-19/h5-12,23-25,30H,2-4,13-18H2,1H3,(H,31,34)/t23-,24-,25+/m0/s1. The number of likely N-dealkylation sites (N-methyl/N-ethyl adjacent to an activating group) is 1. The van der Waals surface area contributed by atoms with E-state index in [0.29, 0.717) is 37.0 Å². The second kappa shape index (κ2) is 11.7. The Labute approximate surface area is 205 Å². The molecule has 3 atom stereocenters. The van der Waals surface area contributed by atoms with Gasteiger partial charge in [0.05, 0.1) is 0 Å². The molecule has 2 fully saturated rings. The third kappa shape index (κ3) is 7.08. The van der Waals surface area contributed by atoms with Crippen LogP contribution in [0.1, 0.15) is 47.5 Å². The monoisotopic (exact) mass is 484 g/mol. The Morgan fingerprint density at radius 3 is 2.23 bits per heavy atom. The summed E-state index contributed by atoms with van der Waals surface area (Å²) in [5, 5.41) is 6.43. The van der Waals surface area contributed by atoms with Crippen LogP contribution in [0.4, 0.5) is 8.78 Å². The van der Waals surface area contributed by atoms with Gasteiger partial charge in [0.25, 0.3) is 5.91 Å². The Morgan fingerprint density at radius 2 is 1.57 bits per heavy atom. The van der Waals surface area contributed by atoms with Gasteiger partial charge < -0.3 is 20.4 Å². The summed E-state index contributed by atoms with van der Waals surface area (Å²) < 4.78 is 26.4. The summed E-state index contributed by atoms with van der Waals surface area (Å²) in [5.41, 5.74) is 1.50. The van der Waals surface area contributed by atoms with Crippen LogP contribution in [0, 0.1) is 11.6 Å². The maximum atomic E-state index is 13.2. The molecule has 1 saturated heterocycles. The number of unbranched alkanes of at least 4 members (excludes halogenated alkanes) is 1. The van der Waals surface area contributed by atoms with Gasteiger partial charge in [-0.2, -0.15) is 0 Å². The first-order valence-electron chi connectivity index (χ1n) is 12.4. The van der Waals surface area contributed by atoms with Crippen LogP contribution in [0.5, 0.6) is 0 Å². The minimum absolute atomic E-state index is 0.0555. The Balaban J connectivity index is 1.26. The predicted molar refractivity (Wildman–Crippen MR) is 131 cm³/mol.